The molecule has 1 fully saturated rings. The molecule has 1 aliphatic rings. The Balaban J connectivity index is 1.48. The number of ether oxygens (including phenoxy) is 1. The van der Waals surface area contributed by atoms with Crippen molar-refractivity contribution in [3.63, 3.8) is 0 Å². The van der Waals surface area contributed by atoms with E-state index in [1.54, 1.807) is 18.2 Å². The van der Waals surface area contributed by atoms with Crippen molar-refractivity contribution < 1.29 is 14.3 Å². The van der Waals surface area contributed by atoms with Crippen LogP contribution in [0, 0.1) is 12.8 Å². The zero-order valence-corrected chi connectivity index (χ0v) is 18.4. The summed E-state index contributed by atoms with van der Waals surface area (Å²) in [5.41, 5.74) is 2.68. The number of carbonyl (C=O) groups excluding carboxylic acids is 2. The largest absolute Gasteiger partial charge is 0.483 e. The van der Waals surface area contributed by atoms with Crippen molar-refractivity contribution >= 4 is 34.8 Å². The maximum Gasteiger partial charge on any atom is 0.262 e. The molecule has 0 atom stereocenters. The highest BCUT2D eigenvalue weighted by Gasteiger charge is 2.22. The number of benzene rings is 2. The molecule has 30 heavy (non-hydrogen) atoms. The number of amides is 2. The lowest BCUT2D eigenvalue weighted by atomic mass is 10.1. The lowest BCUT2D eigenvalue weighted by Gasteiger charge is -2.37. The number of aryl methyl sites for hydroxylation is 1. The van der Waals surface area contributed by atoms with Gasteiger partial charge in [0.25, 0.3) is 5.91 Å². The Hall–Kier alpha value is -2.73. The topological polar surface area (TPSA) is 61.9 Å². The lowest BCUT2D eigenvalue weighted by Crippen LogP contribution is -2.49. The van der Waals surface area contributed by atoms with Crippen LogP contribution in [0.25, 0.3) is 0 Å². The van der Waals surface area contributed by atoms with E-state index >= 15 is 0 Å². The third-order valence-electron chi connectivity index (χ3n) is 5.10. The Morgan fingerprint density at radius 1 is 1.07 bits per heavy atom. The quantitative estimate of drug-likeness (QED) is 0.754. The maximum atomic E-state index is 12.2. The summed E-state index contributed by atoms with van der Waals surface area (Å²) in [6.07, 6.45) is 0. The van der Waals surface area contributed by atoms with Crippen LogP contribution in [0.5, 0.6) is 5.75 Å². The van der Waals surface area contributed by atoms with E-state index < -0.39 is 0 Å². The number of rotatable bonds is 6. The fourth-order valence-corrected chi connectivity index (χ4v) is 3.65. The molecule has 3 rings (SSSR count). The molecule has 1 N–H and O–H groups in total. The van der Waals surface area contributed by atoms with Gasteiger partial charge in [-0.1, -0.05) is 25.4 Å². The van der Waals surface area contributed by atoms with Crippen molar-refractivity contribution in [3.05, 3.63) is 53.1 Å². The second-order valence-electron chi connectivity index (χ2n) is 7.76. The molecule has 1 heterocycles. The zero-order valence-electron chi connectivity index (χ0n) is 17.7. The smallest absolute Gasteiger partial charge is 0.262 e. The number of nitrogens with zero attached hydrogens (tertiary/aromatic N) is 2. The SMILES string of the molecule is Cc1cc(Cl)ccc1OCC(=O)Nc1ccc(N2CCN(C(=O)C(C)C)CC2)cc1. The predicted molar refractivity (Wildman–Crippen MR) is 120 cm³/mol. The van der Waals surface area contributed by atoms with Gasteiger partial charge in [0.2, 0.25) is 5.91 Å². The van der Waals surface area contributed by atoms with Gasteiger partial charge in [0, 0.05) is 48.5 Å². The molecule has 2 aromatic rings. The van der Waals surface area contributed by atoms with Crippen LogP contribution in [-0.4, -0.2) is 49.5 Å². The summed E-state index contributed by atoms with van der Waals surface area (Å²) in [6.45, 7) is 8.75. The summed E-state index contributed by atoms with van der Waals surface area (Å²) >= 11 is 5.93. The molecule has 0 unspecified atom stereocenters. The Morgan fingerprint density at radius 2 is 1.73 bits per heavy atom. The molecule has 0 radical (unpaired) electrons. The fourth-order valence-electron chi connectivity index (χ4n) is 3.42. The summed E-state index contributed by atoms with van der Waals surface area (Å²) in [4.78, 5) is 28.5. The van der Waals surface area contributed by atoms with Crippen molar-refractivity contribution in [1.82, 2.24) is 4.90 Å². The minimum Gasteiger partial charge on any atom is -0.483 e. The molecule has 1 saturated heterocycles. The van der Waals surface area contributed by atoms with E-state index in [9.17, 15) is 9.59 Å². The van der Waals surface area contributed by atoms with E-state index in [2.05, 4.69) is 10.2 Å². The lowest BCUT2D eigenvalue weighted by molar-refractivity contribution is -0.134. The van der Waals surface area contributed by atoms with E-state index in [0.717, 1.165) is 37.4 Å². The monoisotopic (exact) mass is 429 g/mol. The Bertz CT molecular complexity index is 891. The summed E-state index contributed by atoms with van der Waals surface area (Å²) < 4.78 is 5.58. The van der Waals surface area contributed by atoms with Gasteiger partial charge in [-0.25, -0.2) is 0 Å². The number of hydrogen-bond acceptors (Lipinski definition) is 4. The van der Waals surface area contributed by atoms with Crippen LogP contribution < -0.4 is 15.0 Å². The number of nitrogens with one attached hydrogen (secondary N) is 1. The Kier molecular flexibility index (Phi) is 7.21. The van der Waals surface area contributed by atoms with Gasteiger partial charge in [0.1, 0.15) is 5.75 Å². The van der Waals surface area contributed by atoms with Crippen LogP contribution in [0.15, 0.2) is 42.5 Å². The molecular weight excluding hydrogens is 402 g/mol. The fraction of sp³-hybridized carbons (Fsp3) is 0.391. The van der Waals surface area contributed by atoms with E-state index in [0.29, 0.717) is 16.5 Å². The first-order valence-corrected chi connectivity index (χ1v) is 10.5. The minimum absolute atomic E-state index is 0.0343. The second-order valence-corrected chi connectivity index (χ2v) is 8.20. The van der Waals surface area contributed by atoms with Gasteiger partial charge in [-0.3, -0.25) is 9.59 Å². The Morgan fingerprint density at radius 3 is 2.33 bits per heavy atom. The first kappa shape index (κ1) is 22.0. The van der Waals surface area contributed by atoms with Gasteiger partial charge in [-0.05, 0) is 55.0 Å². The zero-order chi connectivity index (χ0) is 21.7. The first-order valence-electron chi connectivity index (χ1n) is 10.2. The van der Waals surface area contributed by atoms with Crippen molar-refractivity contribution in [1.29, 1.82) is 0 Å². The highest BCUT2D eigenvalue weighted by atomic mass is 35.5. The summed E-state index contributed by atoms with van der Waals surface area (Å²) in [6, 6.07) is 13.0. The number of piperazine rings is 1. The number of carbonyl (C=O) groups is 2. The molecule has 6 nitrogen and oxygen atoms in total. The minimum atomic E-state index is -0.224. The Labute approximate surface area is 182 Å². The molecular formula is C23H28ClN3O3. The van der Waals surface area contributed by atoms with Crippen LogP contribution in [0.4, 0.5) is 11.4 Å². The first-order chi connectivity index (χ1) is 14.3. The van der Waals surface area contributed by atoms with Crippen LogP contribution in [0.2, 0.25) is 5.02 Å². The van der Waals surface area contributed by atoms with Gasteiger partial charge in [0.05, 0.1) is 0 Å². The number of hydrogen-bond donors (Lipinski definition) is 1. The molecule has 0 spiro atoms. The summed E-state index contributed by atoms with van der Waals surface area (Å²) in [7, 11) is 0. The van der Waals surface area contributed by atoms with Gasteiger partial charge < -0.3 is 19.9 Å². The molecule has 1 aliphatic heterocycles. The van der Waals surface area contributed by atoms with Crippen molar-refractivity contribution in [2.24, 2.45) is 5.92 Å². The van der Waals surface area contributed by atoms with E-state index in [1.807, 2.05) is 49.9 Å². The van der Waals surface area contributed by atoms with Gasteiger partial charge in [0.15, 0.2) is 6.61 Å². The summed E-state index contributed by atoms with van der Waals surface area (Å²) in [5, 5.41) is 3.48. The molecule has 2 amide bonds. The van der Waals surface area contributed by atoms with Crippen molar-refractivity contribution in [2.45, 2.75) is 20.8 Å². The third-order valence-corrected chi connectivity index (χ3v) is 5.33. The average molecular weight is 430 g/mol. The molecule has 7 heteroatoms. The van der Waals surface area contributed by atoms with E-state index in [-0.39, 0.29) is 24.3 Å². The van der Waals surface area contributed by atoms with Crippen LogP contribution in [0.3, 0.4) is 0 Å². The third kappa shape index (κ3) is 5.66. The van der Waals surface area contributed by atoms with Crippen LogP contribution in [-0.2, 0) is 9.59 Å². The standard InChI is InChI=1S/C23H28ClN3O3/c1-16(2)23(29)27-12-10-26(11-13-27)20-7-5-19(6-8-20)25-22(28)15-30-21-9-4-18(24)14-17(21)3/h4-9,14,16H,10-13,15H2,1-3H3,(H,25,28). The number of anilines is 2. The van der Waals surface area contributed by atoms with Crippen LogP contribution >= 0.6 is 11.6 Å². The highest BCUT2D eigenvalue weighted by molar-refractivity contribution is 6.30. The van der Waals surface area contributed by atoms with Gasteiger partial charge >= 0.3 is 0 Å². The molecule has 160 valence electrons. The van der Waals surface area contributed by atoms with Crippen molar-refractivity contribution in [3.8, 4) is 5.75 Å². The summed E-state index contributed by atoms with van der Waals surface area (Å²) in [5.74, 6) is 0.661. The average Bonchev–Trinajstić information content (AvgIpc) is 2.73. The van der Waals surface area contributed by atoms with Crippen molar-refractivity contribution in [2.75, 3.05) is 43.0 Å². The molecule has 0 aromatic heterocycles. The van der Waals surface area contributed by atoms with Gasteiger partial charge in [-0.15, -0.1) is 0 Å². The van der Waals surface area contributed by atoms with Gasteiger partial charge in [-0.2, -0.15) is 0 Å². The molecule has 0 bridgehead atoms. The highest BCUT2D eigenvalue weighted by Crippen LogP contribution is 2.22. The van der Waals surface area contributed by atoms with Crippen LogP contribution in [0.1, 0.15) is 19.4 Å². The predicted octanol–water partition coefficient (Wildman–Crippen LogP) is 3.97. The molecule has 2 aromatic carbocycles. The maximum absolute atomic E-state index is 12.2. The van der Waals surface area contributed by atoms with E-state index in [1.165, 1.54) is 0 Å². The van der Waals surface area contributed by atoms with E-state index in [4.69, 9.17) is 16.3 Å². The normalized spacial score (nSPS) is 14.0. The molecule has 0 aliphatic carbocycles. The number of halogens is 1. The molecule has 0 saturated carbocycles. The second kappa shape index (κ2) is 9.85.